The number of rotatable bonds is 2. The van der Waals surface area contributed by atoms with Crippen molar-refractivity contribution in [1.29, 1.82) is 0 Å². The molecule has 0 aliphatic heterocycles. The van der Waals surface area contributed by atoms with Gasteiger partial charge >= 0.3 is 0 Å². The summed E-state index contributed by atoms with van der Waals surface area (Å²) in [4.78, 5) is 4.25. The molecular formula is C10H8Br2N2O. The SMILES string of the molecule is NCc1coc(-c2ccc(Br)cc2Br)n1. The minimum absolute atomic E-state index is 0.387. The lowest BCUT2D eigenvalue weighted by Crippen LogP contribution is -1.95. The van der Waals surface area contributed by atoms with E-state index in [2.05, 4.69) is 36.8 Å². The molecule has 2 N–H and O–H groups in total. The Morgan fingerprint density at radius 2 is 2.13 bits per heavy atom. The average molecular weight is 332 g/mol. The van der Waals surface area contributed by atoms with E-state index in [1.807, 2.05) is 18.2 Å². The van der Waals surface area contributed by atoms with Crippen LogP contribution in [0.15, 0.2) is 37.8 Å². The molecule has 0 radical (unpaired) electrons. The molecule has 0 amide bonds. The van der Waals surface area contributed by atoms with Gasteiger partial charge in [-0.1, -0.05) is 15.9 Å². The summed E-state index contributed by atoms with van der Waals surface area (Å²) in [7, 11) is 0. The highest BCUT2D eigenvalue weighted by atomic mass is 79.9. The van der Waals surface area contributed by atoms with E-state index in [1.165, 1.54) is 0 Å². The topological polar surface area (TPSA) is 52.0 Å². The number of aromatic nitrogens is 1. The minimum atomic E-state index is 0.387. The Kier molecular flexibility index (Phi) is 3.23. The Morgan fingerprint density at radius 1 is 1.33 bits per heavy atom. The van der Waals surface area contributed by atoms with Gasteiger partial charge in [-0.2, -0.15) is 0 Å². The average Bonchev–Trinajstić information content (AvgIpc) is 2.66. The number of nitrogens with zero attached hydrogens (tertiary/aromatic N) is 1. The third-order valence-corrected chi connectivity index (χ3v) is 3.07. The van der Waals surface area contributed by atoms with Crippen molar-refractivity contribution in [3.63, 3.8) is 0 Å². The molecule has 0 unspecified atom stereocenters. The summed E-state index contributed by atoms with van der Waals surface area (Å²) in [6.07, 6.45) is 1.57. The molecule has 0 saturated carbocycles. The van der Waals surface area contributed by atoms with Gasteiger partial charge < -0.3 is 10.2 Å². The first-order chi connectivity index (χ1) is 7.20. The molecule has 78 valence electrons. The van der Waals surface area contributed by atoms with Crippen LogP contribution in [0.4, 0.5) is 0 Å². The van der Waals surface area contributed by atoms with E-state index >= 15 is 0 Å². The number of benzene rings is 1. The van der Waals surface area contributed by atoms with Crippen molar-refractivity contribution in [1.82, 2.24) is 4.98 Å². The maximum Gasteiger partial charge on any atom is 0.227 e. The maximum absolute atomic E-state index is 5.46. The normalized spacial score (nSPS) is 10.6. The fourth-order valence-electron chi connectivity index (χ4n) is 1.19. The first-order valence-corrected chi connectivity index (χ1v) is 5.89. The molecular weight excluding hydrogens is 324 g/mol. The molecule has 0 atom stereocenters. The summed E-state index contributed by atoms with van der Waals surface area (Å²) >= 11 is 6.84. The molecule has 1 aromatic carbocycles. The van der Waals surface area contributed by atoms with Gasteiger partial charge in [0.05, 0.1) is 11.3 Å². The van der Waals surface area contributed by atoms with Crippen LogP contribution in [-0.4, -0.2) is 4.98 Å². The number of hydrogen-bond donors (Lipinski definition) is 1. The number of hydrogen-bond acceptors (Lipinski definition) is 3. The van der Waals surface area contributed by atoms with Gasteiger partial charge in [0, 0.05) is 15.5 Å². The fourth-order valence-corrected chi connectivity index (χ4v) is 2.40. The Morgan fingerprint density at radius 3 is 2.73 bits per heavy atom. The van der Waals surface area contributed by atoms with Crippen LogP contribution in [0.25, 0.3) is 11.5 Å². The molecule has 5 heteroatoms. The molecule has 0 aliphatic rings. The smallest absolute Gasteiger partial charge is 0.227 e. The lowest BCUT2D eigenvalue weighted by Gasteiger charge is -1.99. The van der Waals surface area contributed by atoms with E-state index in [0.29, 0.717) is 12.4 Å². The predicted molar refractivity (Wildman–Crippen MR) is 65.2 cm³/mol. The second-order valence-corrected chi connectivity index (χ2v) is 4.74. The van der Waals surface area contributed by atoms with Crippen LogP contribution in [0.3, 0.4) is 0 Å². The molecule has 0 fully saturated rings. The van der Waals surface area contributed by atoms with Crippen molar-refractivity contribution in [2.24, 2.45) is 5.73 Å². The Hall–Kier alpha value is -0.650. The molecule has 0 bridgehead atoms. The zero-order valence-corrected chi connectivity index (χ0v) is 10.9. The van der Waals surface area contributed by atoms with E-state index in [9.17, 15) is 0 Å². The van der Waals surface area contributed by atoms with E-state index in [4.69, 9.17) is 10.2 Å². The van der Waals surface area contributed by atoms with Crippen LogP contribution in [-0.2, 0) is 6.54 Å². The van der Waals surface area contributed by atoms with Crippen LogP contribution in [0.1, 0.15) is 5.69 Å². The van der Waals surface area contributed by atoms with Crippen molar-refractivity contribution in [2.45, 2.75) is 6.54 Å². The standard InChI is InChI=1S/C10H8Br2N2O/c11-6-1-2-8(9(12)3-6)10-14-7(4-13)5-15-10/h1-3,5H,4,13H2. The number of nitrogens with two attached hydrogens (primary N) is 1. The van der Waals surface area contributed by atoms with Crippen molar-refractivity contribution < 1.29 is 4.42 Å². The highest BCUT2D eigenvalue weighted by Gasteiger charge is 2.09. The number of oxazole rings is 1. The summed E-state index contributed by atoms with van der Waals surface area (Å²) < 4.78 is 7.26. The summed E-state index contributed by atoms with van der Waals surface area (Å²) in [5, 5.41) is 0. The molecule has 2 aromatic rings. The van der Waals surface area contributed by atoms with Crippen molar-refractivity contribution in [2.75, 3.05) is 0 Å². The van der Waals surface area contributed by atoms with Gasteiger partial charge in [-0.3, -0.25) is 0 Å². The van der Waals surface area contributed by atoms with Crippen molar-refractivity contribution >= 4 is 31.9 Å². The van der Waals surface area contributed by atoms with Crippen molar-refractivity contribution in [3.8, 4) is 11.5 Å². The van der Waals surface area contributed by atoms with Crippen LogP contribution in [0.5, 0.6) is 0 Å². The highest BCUT2D eigenvalue weighted by Crippen LogP contribution is 2.30. The van der Waals surface area contributed by atoms with E-state index < -0.39 is 0 Å². The Bertz CT molecular complexity index is 482. The van der Waals surface area contributed by atoms with Gasteiger partial charge in [0.25, 0.3) is 0 Å². The summed E-state index contributed by atoms with van der Waals surface area (Å²) in [6.45, 7) is 0.387. The zero-order chi connectivity index (χ0) is 10.8. The van der Waals surface area contributed by atoms with Crippen LogP contribution < -0.4 is 5.73 Å². The lowest BCUT2D eigenvalue weighted by atomic mass is 10.2. The molecule has 0 aliphatic carbocycles. The number of halogens is 2. The van der Waals surface area contributed by atoms with Gasteiger partial charge in [0.1, 0.15) is 6.26 Å². The zero-order valence-electron chi connectivity index (χ0n) is 7.71. The first-order valence-electron chi connectivity index (χ1n) is 4.30. The summed E-state index contributed by atoms with van der Waals surface area (Å²) in [6, 6.07) is 5.81. The van der Waals surface area contributed by atoms with Crippen LogP contribution in [0, 0.1) is 0 Å². The third-order valence-electron chi connectivity index (χ3n) is 1.92. The molecule has 2 rings (SSSR count). The highest BCUT2D eigenvalue weighted by molar-refractivity contribution is 9.11. The monoisotopic (exact) mass is 330 g/mol. The minimum Gasteiger partial charge on any atom is -0.444 e. The van der Waals surface area contributed by atoms with Crippen LogP contribution in [0.2, 0.25) is 0 Å². The molecule has 3 nitrogen and oxygen atoms in total. The Labute approximate surface area is 104 Å². The third kappa shape index (κ3) is 2.30. The fraction of sp³-hybridized carbons (Fsp3) is 0.100. The van der Waals surface area contributed by atoms with Crippen molar-refractivity contribution in [3.05, 3.63) is 39.1 Å². The van der Waals surface area contributed by atoms with Gasteiger partial charge in [-0.25, -0.2) is 4.98 Å². The van der Waals surface area contributed by atoms with Gasteiger partial charge in [-0.15, -0.1) is 0 Å². The maximum atomic E-state index is 5.46. The van der Waals surface area contributed by atoms with E-state index in [-0.39, 0.29) is 0 Å². The van der Waals surface area contributed by atoms with Gasteiger partial charge in [0.2, 0.25) is 5.89 Å². The quantitative estimate of drug-likeness (QED) is 0.918. The molecule has 1 heterocycles. The van der Waals surface area contributed by atoms with E-state index in [1.54, 1.807) is 6.26 Å². The van der Waals surface area contributed by atoms with Crippen LogP contribution >= 0.6 is 31.9 Å². The second-order valence-electron chi connectivity index (χ2n) is 2.97. The lowest BCUT2D eigenvalue weighted by molar-refractivity contribution is 0.572. The molecule has 0 spiro atoms. The predicted octanol–water partition coefficient (Wildman–Crippen LogP) is 3.33. The first kappa shape index (κ1) is 10.9. The summed E-state index contributed by atoms with van der Waals surface area (Å²) in [5.74, 6) is 0.579. The molecule has 15 heavy (non-hydrogen) atoms. The largest absolute Gasteiger partial charge is 0.444 e. The Balaban J connectivity index is 2.44. The van der Waals surface area contributed by atoms with Gasteiger partial charge in [0.15, 0.2) is 0 Å². The second kappa shape index (κ2) is 4.47. The van der Waals surface area contributed by atoms with Gasteiger partial charge in [-0.05, 0) is 34.1 Å². The molecule has 1 aromatic heterocycles. The molecule has 0 saturated heterocycles. The summed E-state index contributed by atoms with van der Waals surface area (Å²) in [5.41, 5.74) is 7.13. The van der Waals surface area contributed by atoms with E-state index in [0.717, 1.165) is 20.2 Å².